The molecule has 47 heavy (non-hydrogen) atoms. The van der Waals surface area contributed by atoms with Gasteiger partial charge in [-0.15, -0.1) is 0 Å². The molecule has 1 saturated carbocycles. The average Bonchev–Trinajstić information content (AvgIpc) is 3.08. The first-order valence-electron chi connectivity index (χ1n) is 16.2. The molecule has 0 bridgehead atoms. The van der Waals surface area contributed by atoms with E-state index in [0.717, 1.165) is 36.8 Å². The second-order valence-electron chi connectivity index (χ2n) is 12.4. The largest absolute Gasteiger partial charge is 0.390 e. The maximum atomic E-state index is 13.9. The summed E-state index contributed by atoms with van der Waals surface area (Å²) in [5.41, 5.74) is 2.15. The summed E-state index contributed by atoms with van der Waals surface area (Å²) in [5, 5.41) is 17.5. The molecule has 4 rings (SSSR count). The van der Waals surface area contributed by atoms with E-state index in [9.17, 15) is 23.1 Å². The van der Waals surface area contributed by atoms with Crippen molar-refractivity contribution in [1.29, 1.82) is 0 Å². The molecule has 3 aromatic carbocycles. The third kappa shape index (κ3) is 10.6. The van der Waals surface area contributed by atoms with Crippen LogP contribution in [-0.4, -0.2) is 81.0 Å². The zero-order valence-electron chi connectivity index (χ0n) is 27.7. The molecule has 5 atom stereocenters. The van der Waals surface area contributed by atoms with Gasteiger partial charge in [0, 0.05) is 30.8 Å². The lowest BCUT2D eigenvalue weighted by Crippen LogP contribution is -2.51. The van der Waals surface area contributed by atoms with Gasteiger partial charge >= 0.3 is 0 Å². The molecule has 0 radical (unpaired) electrons. The molecular weight excluding hydrogens is 616 g/mol. The number of aliphatic hydroxyl groups is 1. The van der Waals surface area contributed by atoms with Crippen LogP contribution >= 0.6 is 0 Å². The number of benzene rings is 3. The van der Waals surface area contributed by atoms with E-state index in [2.05, 4.69) is 20.3 Å². The van der Waals surface area contributed by atoms with Crippen LogP contribution in [0.25, 0.3) is 0 Å². The van der Waals surface area contributed by atoms with E-state index in [1.807, 2.05) is 74.6 Å². The highest BCUT2D eigenvalue weighted by atomic mass is 32.2. The van der Waals surface area contributed by atoms with Gasteiger partial charge in [-0.2, -0.15) is 0 Å². The fourth-order valence-corrected chi connectivity index (χ4v) is 6.64. The number of carbonyl (C=O) groups excluding carboxylic acids is 2. The summed E-state index contributed by atoms with van der Waals surface area (Å²) < 4.78 is 33.0. The van der Waals surface area contributed by atoms with Crippen LogP contribution in [0.3, 0.4) is 0 Å². The smallest absolute Gasteiger partial charge is 0.251 e. The lowest BCUT2D eigenvalue weighted by molar-refractivity contribution is 0.0155. The lowest BCUT2D eigenvalue weighted by atomic mass is 9.91. The predicted octanol–water partition coefficient (Wildman–Crippen LogP) is 4.53. The van der Waals surface area contributed by atoms with Gasteiger partial charge in [-0.05, 0) is 82.3 Å². The minimum absolute atomic E-state index is 0.0904. The van der Waals surface area contributed by atoms with Crippen molar-refractivity contribution in [2.45, 2.75) is 76.3 Å². The van der Waals surface area contributed by atoms with Crippen LogP contribution in [0.4, 0.5) is 5.69 Å². The maximum absolute atomic E-state index is 13.9. The Hall–Kier alpha value is -3.77. The van der Waals surface area contributed by atoms with Gasteiger partial charge in [0.1, 0.15) is 0 Å². The highest BCUT2D eigenvalue weighted by molar-refractivity contribution is 7.92. The zero-order chi connectivity index (χ0) is 34.0. The molecule has 10 nitrogen and oxygen atoms in total. The second kappa shape index (κ2) is 16.9. The van der Waals surface area contributed by atoms with Gasteiger partial charge in [-0.25, -0.2) is 8.42 Å². The minimum atomic E-state index is -3.70. The molecule has 4 N–H and O–H groups in total. The number of amides is 2. The van der Waals surface area contributed by atoms with Crippen LogP contribution in [0.15, 0.2) is 78.9 Å². The Balaban J connectivity index is 1.58. The van der Waals surface area contributed by atoms with Gasteiger partial charge in [0.05, 0.1) is 35.7 Å². The molecule has 0 spiro atoms. The summed E-state index contributed by atoms with van der Waals surface area (Å²) in [6, 6.07) is 22.6. The molecule has 3 aromatic rings. The van der Waals surface area contributed by atoms with Crippen molar-refractivity contribution in [1.82, 2.24) is 15.5 Å². The van der Waals surface area contributed by atoms with E-state index in [1.54, 1.807) is 7.11 Å². The zero-order valence-corrected chi connectivity index (χ0v) is 28.5. The molecule has 254 valence electrons. The van der Waals surface area contributed by atoms with E-state index in [1.165, 1.54) is 25.1 Å². The minimum Gasteiger partial charge on any atom is -0.390 e. The first-order valence-corrected chi connectivity index (χ1v) is 17.9. The number of sulfonamides is 1. The predicted molar refractivity (Wildman–Crippen MR) is 185 cm³/mol. The van der Waals surface area contributed by atoms with Gasteiger partial charge in [-0.1, -0.05) is 60.7 Å². The van der Waals surface area contributed by atoms with Gasteiger partial charge in [-0.3, -0.25) is 14.3 Å². The number of nitrogens with one attached hydrogen (secondary N) is 3. The van der Waals surface area contributed by atoms with Crippen molar-refractivity contribution in [3.05, 3.63) is 101 Å². The Morgan fingerprint density at radius 1 is 0.957 bits per heavy atom. The summed E-state index contributed by atoms with van der Waals surface area (Å²) in [5.74, 6) is -1.18. The van der Waals surface area contributed by atoms with E-state index in [-0.39, 0.29) is 40.8 Å². The van der Waals surface area contributed by atoms with Crippen molar-refractivity contribution in [2.24, 2.45) is 0 Å². The van der Waals surface area contributed by atoms with E-state index in [0.29, 0.717) is 13.0 Å². The summed E-state index contributed by atoms with van der Waals surface area (Å²) in [7, 11) is 0.0159. The molecule has 0 heterocycles. The van der Waals surface area contributed by atoms with Crippen molar-refractivity contribution >= 4 is 27.5 Å². The average molecular weight is 665 g/mol. The summed E-state index contributed by atoms with van der Waals surface area (Å²) in [4.78, 5) is 29.4. The third-order valence-electron chi connectivity index (χ3n) is 8.87. The van der Waals surface area contributed by atoms with Gasteiger partial charge in [0.25, 0.3) is 11.8 Å². The number of likely N-dealkylation sites (N-methyl/N-ethyl adjacent to an activating group) is 1. The molecule has 5 unspecified atom stereocenters. The number of ether oxygens (including phenoxy) is 1. The third-order valence-corrected chi connectivity index (χ3v) is 10.2. The number of rotatable bonds is 15. The molecule has 1 fully saturated rings. The highest BCUT2D eigenvalue weighted by Gasteiger charge is 2.29. The first-order chi connectivity index (χ1) is 22.5. The van der Waals surface area contributed by atoms with Gasteiger partial charge in [0.15, 0.2) is 0 Å². The van der Waals surface area contributed by atoms with Crippen molar-refractivity contribution in [3.8, 4) is 0 Å². The Labute approximate surface area is 279 Å². The van der Waals surface area contributed by atoms with Crippen molar-refractivity contribution in [2.75, 3.05) is 31.2 Å². The molecule has 0 aliphatic heterocycles. The molecule has 0 saturated heterocycles. The Bertz CT molecular complexity index is 1570. The summed E-state index contributed by atoms with van der Waals surface area (Å²) in [6.45, 7) is 3.68. The normalized spacial score (nSPS) is 18.6. The van der Waals surface area contributed by atoms with Gasteiger partial charge in [0.2, 0.25) is 10.0 Å². The van der Waals surface area contributed by atoms with E-state index >= 15 is 0 Å². The van der Waals surface area contributed by atoms with Crippen LogP contribution in [0, 0.1) is 0 Å². The number of hydrogen-bond acceptors (Lipinski definition) is 7. The van der Waals surface area contributed by atoms with Crippen molar-refractivity contribution in [3.63, 3.8) is 0 Å². The number of nitrogens with zero attached hydrogens (tertiary/aromatic N) is 1. The number of hydrogen-bond donors (Lipinski definition) is 4. The fourth-order valence-electron chi connectivity index (χ4n) is 6.01. The first kappa shape index (κ1) is 36.1. The lowest BCUT2D eigenvalue weighted by Gasteiger charge is -2.37. The van der Waals surface area contributed by atoms with Crippen LogP contribution in [-0.2, 0) is 21.2 Å². The van der Waals surface area contributed by atoms with Crippen molar-refractivity contribution < 1.29 is 27.9 Å². The molecule has 1 aliphatic carbocycles. The molecular formula is C36H48N4O6S. The maximum Gasteiger partial charge on any atom is 0.251 e. The van der Waals surface area contributed by atoms with Crippen LogP contribution in [0.1, 0.15) is 77.4 Å². The Morgan fingerprint density at radius 2 is 1.57 bits per heavy atom. The van der Waals surface area contributed by atoms with E-state index in [4.69, 9.17) is 4.74 Å². The van der Waals surface area contributed by atoms with E-state index < -0.39 is 34.0 Å². The van der Waals surface area contributed by atoms with Gasteiger partial charge < -0.3 is 25.4 Å². The molecule has 0 aromatic heterocycles. The number of anilines is 1. The standard InChI is InChI=1S/C36H48N4O6S/c1-5-47(44,45)39-30-21-28(35(42)37-25(2)27-15-10-7-11-16-27)20-29(22-30)36(43)38-33(19-26-13-8-6-9-14-26)34(41)24-40(3)31-17-12-18-32(23-31)46-4/h6-11,13-16,20-22,25,31-34,39,41H,5,12,17-19,23-24H2,1-4H3,(H,37,42)(H,38,43). The molecule has 1 aliphatic rings. The second-order valence-corrected chi connectivity index (χ2v) is 14.4. The fraction of sp³-hybridized carbons (Fsp3) is 0.444. The topological polar surface area (TPSA) is 137 Å². The number of methoxy groups -OCH3 is 1. The molecule has 2 amide bonds. The number of carbonyl (C=O) groups is 2. The summed E-state index contributed by atoms with van der Waals surface area (Å²) in [6.07, 6.45) is 3.60. The highest BCUT2D eigenvalue weighted by Crippen LogP contribution is 2.25. The summed E-state index contributed by atoms with van der Waals surface area (Å²) >= 11 is 0. The van der Waals surface area contributed by atoms with Crippen LogP contribution in [0.2, 0.25) is 0 Å². The van der Waals surface area contributed by atoms with Crippen LogP contribution < -0.4 is 15.4 Å². The SMILES string of the molecule is CCS(=O)(=O)Nc1cc(C(=O)NC(C)c2ccccc2)cc(C(=O)NC(Cc2ccccc2)C(O)CN(C)C2CCCC(OC)C2)c1. The Morgan fingerprint density at radius 3 is 2.19 bits per heavy atom. The Kier molecular flexibility index (Phi) is 12.9. The number of aliphatic hydroxyl groups excluding tert-OH is 1. The molecule has 11 heteroatoms. The van der Waals surface area contributed by atoms with Crippen LogP contribution in [0.5, 0.6) is 0 Å². The monoisotopic (exact) mass is 664 g/mol. The quantitative estimate of drug-likeness (QED) is 0.187.